The van der Waals surface area contributed by atoms with Gasteiger partial charge in [0.2, 0.25) is 0 Å². The van der Waals surface area contributed by atoms with Crippen LogP contribution in [0.5, 0.6) is 0 Å². The molecule has 0 aliphatic heterocycles. The van der Waals surface area contributed by atoms with Crippen LogP contribution in [0.3, 0.4) is 0 Å². The number of likely N-dealkylation sites (N-methyl/N-ethyl adjacent to an activating group) is 1. The van der Waals surface area contributed by atoms with Crippen LogP contribution in [-0.2, 0) is 6.42 Å². The Morgan fingerprint density at radius 2 is 1.57 bits per heavy atom. The maximum atomic E-state index is 14.3. The highest BCUT2D eigenvalue weighted by Gasteiger charge is 2.21. The largest absolute Gasteiger partial charge is 0.313 e. The van der Waals surface area contributed by atoms with Gasteiger partial charge in [0.1, 0.15) is 11.6 Å². The summed E-state index contributed by atoms with van der Waals surface area (Å²) in [5, 5.41) is 3.05. The second-order valence-electron chi connectivity index (χ2n) is 5.51. The summed E-state index contributed by atoms with van der Waals surface area (Å²) in [5.74, 6) is -0.954. The summed E-state index contributed by atoms with van der Waals surface area (Å²) in [6, 6.07) is 8.47. The van der Waals surface area contributed by atoms with Gasteiger partial charge in [0, 0.05) is 11.6 Å². The van der Waals surface area contributed by atoms with Gasteiger partial charge >= 0.3 is 0 Å². The summed E-state index contributed by atoms with van der Waals surface area (Å²) < 4.78 is 28.4. The molecule has 2 aromatic carbocycles. The number of hydrogen-bond acceptors (Lipinski definition) is 1. The highest BCUT2D eigenvalue weighted by Crippen LogP contribution is 2.28. The Morgan fingerprint density at radius 1 is 0.952 bits per heavy atom. The summed E-state index contributed by atoms with van der Waals surface area (Å²) in [6.07, 6.45) is 0.562. The van der Waals surface area contributed by atoms with Crippen LogP contribution in [0.25, 0.3) is 0 Å². The maximum absolute atomic E-state index is 14.3. The van der Waals surface area contributed by atoms with Crippen molar-refractivity contribution in [3.05, 3.63) is 69.8 Å². The average molecular weight is 289 g/mol. The van der Waals surface area contributed by atoms with Crippen LogP contribution in [0, 0.1) is 32.4 Å². The molecule has 0 radical (unpaired) electrons. The highest BCUT2D eigenvalue weighted by molar-refractivity contribution is 5.37. The molecular formula is C18H21F2N. The fourth-order valence-electron chi connectivity index (χ4n) is 2.72. The van der Waals surface area contributed by atoms with Crippen LogP contribution >= 0.6 is 0 Å². The SMILES string of the molecule is CNC(Cc1c(C)cccc1C)c1c(F)ccc(C)c1F. The van der Waals surface area contributed by atoms with E-state index in [0.717, 1.165) is 16.7 Å². The minimum Gasteiger partial charge on any atom is -0.313 e. The third-order valence-corrected chi connectivity index (χ3v) is 4.07. The Morgan fingerprint density at radius 3 is 2.14 bits per heavy atom. The lowest BCUT2D eigenvalue weighted by molar-refractivity contribution is 0.485. The molecule has 0 saturated carbocycles. The summed E-state index contributed by atoms with van der Waals surface area (Å²) in [5.41, 5.74) is 4.01. The minimum absolute atomic E-state index is 0.125. The first-order valence-electron chi connectivity index (χ1n) is 7.12. The van der Waals surface area contributed by atoms with Gasteiger partial charge in [-0.25, -0.2) is 8.78 Å². The van der Waals surface area contributed by atoms with E-state index in [0.29, 0.717) is 12.0 Å². The van der Waals surface area contributed by atoms with Crippen LogP contribution in [-0.4, -0.2) is 7.05 Å². The summed E-state index contributed by atoms with van der Waals surface area (Å²) in [4.78, 5) is 0. The molecule has 112 valence electrons. The molecule has 0 aliphatic rings. The van der Waals surface area contributed by atoms with E-state index in [1.165, 1.54) is 12.1 Å². The van der Waals surface area contributed by atoms with Crippen LogP contribution in [0.4, 0.5) is 8.78 Å². The van der Waals surface area contributed by atoms with Crippen molar-refractivity contribution >= 4 is 0 Å². The van der Waals surface area contributed by atoms with Crippen LogP contribution in [0.1, 0.15) is 33.9 Å². The summed E-state index contributed by atoms with van der Waals surface area (Å²) in [7, 11) is 1.74. The number of halogens is 2. The zero-order valence-corrected chi connectivity index (χ0v) is 12.9. The monoisotopic (exact) mass is 289 g/mol. The van der Waals surface area contributed by atoms with Gasteiger partial charge in [-0.05, 0) is 62.6 Å². The Hall–Kier alpha value is -1.74. The molecule has 0 heterocycles. The van der Waals surface area contributed by atoms with E-state index in [2.05, 4.69) is 5.32 Å². The molecule has 2 aromatic rings. The van der Waals surface area contributed by atoms with Crippen LogP contribution < -0.4 is 5.32 Å². The third-order valence-electron chi connectivity index (χ3n) is 4.07. The predicted molar refractivity (Wildman–Crippen MR) is 82.5 cm³/mol. The predicted octanol–water partition coefficient (Wildman–Crippen LogP) is 4.39. The number of hydrogen-bond donors (Lipinski definition) is 1. The number of nitrogens with one attached hydrogen (secondary N) is 1. The lowest BCUT2D eigenvalue weighted by atomic mass is 9.92. The van der Waals surface area contributed by atoms with Gasteiger partial charge in [-0.15, -0.1) is 0 Å². The molecule has 3 heteroatoms. The molecule has 1 unspecified atom stereocenters. The number of rotatable bonds is 4. The fourth-order valence-corrected chi connectivity index (χ4v) is 2.72. The molecule has 0 aliphatic carbocycles. The minimum atomic E-state index is -0.497. The van der Waals surface area contributed by atoms with Crippen molar-refractivity contribution in [3.63, 3.8) is 0 Å². The quantitative estimate of drug-likeness (QED) is 0.880. The zero-order chi connectivity index (χ0) is 15.6. The molecular weight excluding hydrogens is 268 g/mol. The second kappa shape index (κ2) is 6.35. The van der Waals surface area contributed by atoms with Gasteiger partial charge < -0.3 is 5.32 Å². The third kappa shape index (κ3) is 3.13. The van der Waals surface area contributed by atoms with Crippen molar-refractivity contribution in [1.29, 1.82) is 0 Å². The molecule has 1 N–H and O–H groups in total. The smallest absolute Gasteiger partial charge is 0.133 e. The molecule has 0 saturated heterocycles. The number of benzene rings is 2. The molecule has 0 spiro atoms. The number of aryl methyl sites for hydroxylation is 3. The molecule has 21 heavy (non-hydrogen) atoms. The maximum Gasteiger partial charge on any atom is 0.133 e. The molecule has 0 fully saturated rings. The Labute approximate surface area is 125 Å². The lowest BCUT2D eigenvalue weighted by Gasteiger charge is -2.21. The molecule has 0 amide bonds. The van der Waals surface area contributed by atoms with Crippen LogP contribution in [0.15, 0.2) is 30.3 Å². The van der Waals surface area contributed by atoms with E-state index in [1.807, 2.05) is 32.0 Å². The Balaban J connectivity index is 2.44. The average Bonchev–Trinajstić information content (AvgIpc) is 2.45. The van der Waals surface area contributed by atoms with Crippen molar-refractivity contribution in [1.82, 2.24) is 5.32 Å². The molecule has 0 aromatic heterocycles. The van der Waals surface area contributed by atoms with E-state index >= 15 is 0 Å². The van der Waals surface area contributed by atoms with Crippen molar-refractivity contribution in [2.75, 3.05) is 7.05 Å². The van der Waals surface area contributed by atoms with Crippen molar-refractivity contribution in [3.8, 4) is 0 Å². The zero-order valence-electron chi connectivity index (χ0n) is 12.9. The van der Waals surface area contributed by atoms with Gasteiger partial charge in [-0.2, -0.15) is 0 Å². The summed E-state index contributed by atoms with van der Waals surface area (Å²) in [6.45, 7) is 5.71. The molecule has 1 atom stereocenters. The van der Waals surface area contributed by atoms with Crippen molar-refractivity contribution in [2.24, 2.45) is 0 Å². The van der Waals surface area contributed by atoms with E-state index in [-0.39, 0.29) is 11.6 Å². The molecule has 2 rings (SSSR count). The van der Waals surface area contributed by atoms with E-state index < -0.39 is 11.6 Å². The lowest BCUT2D eigenvalue weighted by Crippen LogP contribution is -2.22. The van der Waals surface area contributed by atoms with Gasteiger partial charge in [0.25, 0.3) is 0 Å². The first kappa shape index (κ1) is 15.6. The fraction of sp³-hybridized carbons (Fsp3) is 0.333. The van der Waals surface area contributed by atoms with Gasteiger partial charge in [0.15, 0.2) is 0 Å². The summed E-state index contributed by atoms with van der Waals surface area (Å²) >= 11 is 0. The first-order valence-corrected chi connectivity index (χ1v) is 7.12. The first-order chi connectivity index (χ1) is 9.95. The second-order valence-corrected chi connectivity index (χ2v) is 5.51. The van der Waals surface area contributed by atoms with E-state index in [9.17, 15) is 8.78 Å². The molecule has 0 bridgehead atoms. The van der Waals surface area contributed by atoms with Gasteiger partial charge in [0.05, 0.1) is 0 Å². The Kier molecular flexibility index (Phi) is 4.73. The molecule has 1 nitrogen and oxygen atoms in total. The van der Waals surface area contributed by atoms with Gasteiger partial charge in [-0.3, -0.25) is 0 Å². The van der Waals surface area contributed by atoms with Crippen molar-refractivity contribution in [2.45, 2.75) is 33.2 Å². The van der Waals surface area contributed by atoms with Crippen LogP contribution in [0.2, 0.25) is 0 Å². The standard InChI is InChI=1S/C18H21F2N/c1-11-6-5-7-12(2)14(11)10-16(21-4)17-15(19)9-8-13(3)18(17)20/h5-9,16,21H,10H2,1-4H3. The van der Waals surface area contributed by atoms with E-state index in [4.69, 9.17) is 0 Å². The highest BCUT2D eigenvalue weighted by atomic mass is 19.1. The van der Waals surface area contributed by atoms with E-state index in [1.54, 1.807) is 14.0 Å². The normalized spacial score (nSPS) is 12.5. The topological polar surface area (TPSA) is 12.0 Å². The van der Waals surface area contributed by atoms with Crippen molar-refractivity contribution < 1.29 is 8.78 Å². The van der Waals surface area contributed by atoms with Gasteiger partial charge in [-0.1, -0.05) is 24.3 Å². The Bertz CT molecular complexity index is 630.